The lowest BCUT2D eigenvalue weighted by Crippen LogP contribution is -2.27. The Balaban J connectivity index is 0.00000243. The van der Waals surface area contributed by atoms with Gasteiger partial charge in [-0.3, -0.25) is 9.79 Å². The van der Waals surface area contributed by atoms with Gasteiger partial charge in [0.25, 0.3) is 0 Å². The molecule has 0 bridgehead atoms. The number of guanidine groups is 1. The predicted molar refractivity (Wildman–Crippen MR) is 118 cm³/mol. The molecule has 1 amide bonds. The molecule has 0 spiro atoms. The van der Waals surface area contributed by atoms with E-state index in [9.17, 15) is 4.79 Å². The van der Waals surface area contributed by atoms with E-state index >= 15 is 0 Å². The third-order valence-corrected chi connectivity index (χ3v) is 4.41. The fourth-order valence-corrected chi connectivity index (χ4v) is 3.04. The maximum atomic E-state index is 11.9. The van der Waals surface area contributed by atoms with Gasteiger partial charge in [-0.05, 0) is 35.2 Å². The fraction of sp³-hybridized carbons (Fsp3) is 0.300. The number of benzene rings is 2. The molecule has 1 heterocycles. The van der Waals surface area contributed by atoms with E-state index in [1.54, 1.807) is 0 Å². The van der Waals surface area contributed by atoms with Gasteiger partial charge in [0.2, 0.25) is 5.91 Å². The zero-order valence-corrected chi connectivity index (χ0v) is 17.4. The minimum Gasteiger partial charge on any atom is -0.370 e. The largest absolute Gasteiger partial charge is 0.370 e. The molecule has 0 aliphatic carbocycles. The highest BCUT2D eigenvalue weighted by Crippen LogP contribution is 2.32. The van der Waals surface area contributed by atoms with Crippen LogP contribution in [0, 0.1) is 0 Å². The maximum absolute atomic E-state index is 11.9. The van der Waals surface area contributed by atoms with Crippen molar-refractivity contribution in [3.63, 3.8) is 0 Å². The van der Waals surface area contributed by atoms with Gasteiger partial charge in [0, 0.05) is 23.7 Å². The zero-order chi connectivity index (χ0) is 17.8. The molecular formula is C20H25IN4O. The molecule has 5 nitrogen and oxygen atoms in total. The Kier molecular flexibility index (Phi) is 7.02. The van der Waals surface area contributed by atoms with Crippen molar-refractivity contribution >= 4 is 47.2 Å². The van der Waals surface area contributed by atoms with E-state index in [2.05, 4.69) is 41.6 Å². The number of nitrogens with one attached hydrogen (secondary N) is 2. The zero-order valence-electron chi connectivity index (χ0n) is 15.0. The second-order valence-electron chi connectivity index (χ2n) is 6.67. The molecule has 0 aromatic heterocycles. The normalized spacial score (nSPS) is 16.5. The van der Waals surface area contributed by atoms with E-state index in [1.807, 2.05) is 36.4 Å². The number of fused-ring (bicyclic) bond motifs is 1. The lowest BCUT2D eigenvalue weighted by Gasteiger charge is -2.24. The molecule has 26 heavy (non-hydrogen) atoms. The second kappa shape index (κ2) is 9.02. The van der Waals surface area contributed by atoms with Crippen LogP contribution in [0.5, 0.6) is 0 Å². The van der Waals surface area contributed by atoms with Crippen LogP contribution in [-0.2, 0) is 4.79 Å². The first-order valence-corrected chi connectivity index (χ1v) is 8.58. The van der Waals surface area contributed by atoms with E-state index in [0.29, 0.717) is 24.8 Å². The van der Waals surface area contributed by atoms with Crippen LogP contribution in [0.15, 0.2) is 53.5 Å². The van der Waals surface area contributed by atoms with Crippen molar-refractivity contribution in [1.29, 1.82) is 0 Å². The standard InChI is InChI=1S/C20H24N4O.HI/c1-13(2)14-6-5-7-16(10-14)23-20(21)22-12-15-11-19(25)24-18-9-4-3-8-17(15)18;/h3-10,13,15H,11-12H2,1-2H3,(H,24,25)(H3,21,22,23);1H. The Hall–Kier alpha value is -2.09. The number of carbonyl (C=O) groups excluding carboxylic acids is 1. The summed E-state index contributed by atoms with van der Waals surface area (Å²) in [6, 6.07) is 16.0. The quantitative estimate of drug-likeness (QED) is 0.359. The number of aliphatic imine (C=N–C) groups is 1. The van der Waals surface area contributed by atoms with E-state index < -0.39 is 0 Å². The van der Waals surface area contributed by atoms with E-state index in [0.717, 1.165) is 16.9 Å². The molecule has 1 aliphatic rings. The Bertz CT molecular complexity index is 804. The number of amides is 1. The summed E-state index contributed by atoms with van der Waals surface area (Å²) in [5, 5.41) is 6.04. The smallest absolute Gasteiger partial charge is 0.225 e. The molecule has 138 valence electrons. The summed E-state index contributed by atoms with van der Waals surface area (Å²) in [5.74, 6) is 0.892. The Labute approximate surface area is 171 Å². The third kappa shape index (κ3) is 4.97. The van der Waals surface area contributed by atoms with Gasteiger partial charge in [0.1, 0.15) is 0 Å². The summed E-state index contributed by atoms with van der Waals surface area (Å²) < 4.78 is 0. The van der Waals surface area contributed by atoms with Gasteiger partial charge in [-0.2, -0.15) is 0 Å². The minimum absolute atomic E-state index is 0. The van der Waals surface area contributed by atoms with Crippen LogP contribution in [0.2, 0.25) is 0 Å². The number of hydrogen-bond acceptors (Lipinski definition) is 2. The molecule has 6 heteroatoms. The molecule has 1 unspecified atom stereocenters. The molecule has 2 aromatic rings. The molecule has 0 saturated carbocycles. The van der Waals surface area contributed by atoms with Gasteiger partial charge >= 0.3 is 0 Å². The van der Waals surface area contributed by atoms with Gasteiger partial charge in [0.15, 0.2) is 5.96 Å². The molecule has 4 N–H and O–H groups in total. The van der Waals surface area contributed by atoms with Crippen LogP contribution in [0.25, 0.3) is 0 Å². The van der Waals surface area contributed by atoms with Crippen LogP contribution in [-0.4, -0.2) is 18.4 Å². The van der Waals surface area contributed by atoms with Crippen molar-refractivity contribution in [3.05, 3.63) is 59.7 Å². The van der Waals surface area contributed by atoms with Gasteiger partial charge in [-0.25, -0.2) is 0 Å². The van der Waals surface area contributed by atoms with Gasteiger partial charge in [-0.15, -0.1) is 24.0 Å². The Morgan fingerprint density at radius 3 is 2.81 bits per heavy atom. The van der Waals surface area contributed by atoms with Gasteiger partial charge < -0.3 is 16.4 Å². The van der Waals surface area contributed by atoms with E-state index in [4.69, 9.17) is 5.73 Å². The van der Waals surface area contributed by atoms with Gasteiger partial charge in [0.05, 0.1) is 6.54 Å². The summed E-state index contributed by atoms with van der Waals surface area (Å²) >= 11 is 0. The topological polar surface area (TPSA) is 79.5 Å². The SMILES string of the molecule is CC(C)c1cccc(NC(N)=NCC2CC(=O)Nc3ccccc32)c1.I. The number of nitrogens with two attached hydrogens (primary N) is 1. The first-order valence-electron chi connectivity index (χ1n) is 8.58. The molecule has 0 radical (unpaired) electrons. The van der Waals surface area contributed by atoms with Gasteiger partial charge in [-0.1, -0.05) is 44.2 Å². The second-order valence-corrected chi connectivity index (χ2v) is 6.67. The van der Waals surface area contributed by atoms with Crippen LogP contribution in [0.1, 0.15) is 43.2 Å². The molecule has 0 fully saturated rings. The summed E-state index contributed by atoms with van der Waals surface area (Å²) in [6.45, 7) is 4.79. The van der Waals surface area contributed by atoms with Crippen LogP contribution in [0.3, 0.4) is 0 Å². The van der Waals surface area contributed by atoms with Crippen molar-refractivity contribution in [2.45, 2.75) is 32.1 Å². The predicted octanol–water partition coefficient (Wildman–Crippen LogP) is 4.28. The van der Waals surface area contributed by atoms with Crippen molar-refractivity contribution in [3.8, 4) is 0 Å². The first kappa shape index (κ1) is 20.2. The third-order valence-electron chi connectivity index (χ3n) is 4.41. The van der Waals surface area contributed by atoms with Crippen LogP contribution < -0.4 is 16.4 Å². The number of para-hydroxylation sites is 1. The summed E-state index contributed by atoms with van der Waals surface area (Å²) in [4.78, 5) is 16.3. The highest BCUT2D eigenvalue weighted by molar-refractivity contribution is 14.0. The van der Waals surface area contributed by atoms with Crippen LogP contribution in [0.4, 0.5) is 11.4 Å². The van der Waals surface area contributed by atoms with Crippen LogP contribution >= 0.6 is 24.0 Å². The number of carbonyl (C=O) groups is 1. The summed E-state index contributed by atoms with van der Waals surface area (Å²) in [5.41, 5.74) is 10.2. The van der Waals surface area contributed by atoms with Crippen molar-refractivity contribution in [2.75, 3.05) is 17.2 Å². The molecule has 1 aliphatic heterocycles. The van der Waals surface area contributed by atoms with Crippen molar-refractivity contribution in [2.24, 2.45) is 10.7 Å². The highest BCUT2D eigenvalue weighted by atomic mass is 127. The molecule has 3 rings (SSSR count). The van der Waals surface area contributed by atoms with Crippen molar-refractivity contribution in [1.82, 2.24) is 0 Å². The summed E-state index contributed by atoms with van der Waals surface area (Å²) in [7, 11) is 0. The highest BCUT2D eigenvalue weighted by Gasteiger charge is 2.24. The molecule has 0 saturated heterocycles. The minimum atomic E-state index is 0. The number of anilines is 2. The molecule has 2 aromatic carbocycles. The molecule has 1 atom stereocenters. The van der Waals surface area contributed by atoms with E-state index in [1.165, 1.54) is 5.56 Å². The van der Waals surface area contributed by atoms with Crippen molar-refractivity contribution < 1.29 is 4.79 Å². The number of hydrogen-bond donors (Lipinski definition) is 3. The monoisotopic (exact) mass is 464 g/mol. The first-order chi connectivity index (χ1) is 12.0. The average molecular weight is 464 g/mol. The number of halogens is 1. The summed E-state index contributed by atoms with van der Waals surface area (Å²) in [6.07, 6.45) is 0.427. The van der Waals surface area contributed by atoms with E-state index in [-0.39, 0.29) is 35.8 Å². The lowest BCUT2D eigenvalue weighted by molar-refractivity contribution is -0.116. The average Bonchev–Trinajstić information content (AvgIpc) is 2.59. The Morgan fingerprint density at radius 1 is 1.27 bits per heavy atom. The number of rotatable bonds is 4. The Morgan fingerprint density at radius 2 is 2.04 bits per heavy atom. The molecular weight excluding hydrogens is 439 g/mol. The lowest BCUT2D eigenvalue weighted by atomic mass is 9.91. The number of nitrogens with zero attached hydrogens (tertiary/aromatic N) is 1. The maximum Gasteiger partial charge on any atom is 0.225 e. The fourth-order valence-electron chi connectivity index (χ4n) is 3.04.